The summed E-state index contributed by atoms with van der Waals surface area (Å²) in [5, 5.41) is 3.12. The van der Waals surface area contributed by atoms with Crippen molar-refractivity contribution in [3.63, 3.8) is 0 Å². The van der Waals surface area contributed by atoms with Gasteiger partial charge in [0.2, 0.25) is 5.91 Å². The van der Waals surface area contributed by atoms with Crippen LogP contribution in [-0.2, 0) is 9.59 Å². The summed E-state index contributed by atoms with van der Waals surface area (Å²) in [5.41, 5.74) is 0.503. The first kappa shape index (κ1) is 19.9. The quantitative estimate of drug-likeness (QED) is 0.625. The van der Waals surface area contributed by atoms with Crippen LogP contribution >= 0.6 is 0 Å². The Kier molecular flexibility index (Phi) is 7.18. The number of hydrogen-bond acceptors (Lipinski definition) is 4. The molecule has 0 aliphatic carbocycles. The van der Waals surface area contributed by atoms with E-state index in [1.54, 1.807) is 29.2 Å². The zero-order valence-electron chi connectivity index (χ0n) is 15.8. The third kappa shape index (κ3) is 5.31. The average Bonchev–Trinajstić information content (AvgIpc) is 2.62. The third-order valence-electron chi connectivity index (χ3n) is 4.83. The van der Waals surface area contributed by atoms with Crippen LogP contribution in [0.4, 0.5) is 0 Å². The van der Waals surface area contributed by atoms with Gasteiger partial charge in [-0.05, 0) is 43.9 Å². The minimum atomic E-state index is -0.413. The van der Waals surface area contributed by atoms with Gasteiger partial charge in [-0.1, -0.05) is 19.9 Å². The van der Waals surface area contributed by atoms with Gasteiger partial charge in [0.15, 0.2) is 0 Å². The van der Waals surface area contributed by atoms with Crippen molar-refractivity contribution in [2.45, 2.75) is 52.5 Å². The van der Waals surface area contributed by atoms with Gasteiger partial charge in [-0.15, -0.1) is 0 Å². The summed E-state index contributed by atoms with van der Waals surface area (Å²) in [7, 11) is 0. The van der Waals surface area contributed by atoms with Crippen LogP contribution < -0.4 is 10.1 Å². The van der Waals surface area contributed by atoms with Crippen LogP contribution in [-0.4, -0.2) is 41.8 Å². The number of piperidine rings is 1. The lowest BCUT2D eigenvalue weighted by Crippen LogP contribution is -2.47. The summed E-state index contributed by atoms with van der Waals surface area (Å²) in [6.07, 6.45) is 3.19. The van der Waals surface area contributed by atoms with E-state index in [1.165, 1.54) is 6.92 Å². The Morgan fingerprint density at radius 1 is 1.19 bits per heavy atom. The predicted octanol–water partition coefficient (Wildman–Crippen LogP) is 2.77. The molecule has 1 heterocycles. The van der Waals surface area contributed by atoms with Gasteiger partial charge < -0.3 is 15.0 Å². The number of hydrogen-bond donors (Lipinski definition) is 1. The molecular formula is C20H28N2O4. The fourth-order valence-corrected chi connectivity index (χ4v) is 3.25. The maximum Gasteiger partial charge on any atom is 0.308 e. The highest BCUT2D eigenvalue weighted by Crippen LogP contribution is 2.19. The predicted molar refractivity (Wildman–Crippen MR) is 98.9 cm³/mol. The lowest BCUT2D eigenvalue weighted by molar-refractivity contribution is -0.132. The minimum Gasteiger partial charge on any atom is -0.427 e. The third-order valence-corrected chi connectivity index (χ3v) is 4.83. The van der Waals surface area contributed by atoms with Gasteiger partial charge in [-0.3, -0.25) is 14.4 Å². The van der Waals surface area contributed by atoms with E-state index in [-0.39, 0.29) is 23.8 Å². The molecule has 0 radical (unpaired) electrons. The van der Waals surface area contributed by atoms with Gasteiger partial charge in [0.05, 0.1) is 0 Å². The first-order valence-electron chi connectivity index (χ1n) is 9.32. The second kappa shape index (κ2) is 9.36. The summed E-state index contributed by atoms with van der Waals surface area (Å²) >= 11 is 0. The number of carbonyl (C=O) groups is 3. The minimum absolute atomic E-state index is 0.0682. The van der Waals surface area contributed by atoms with Crippen molar-refractivity contribution in [3.05, 3.63) is 29.8 Å². The molecule has 26 heavy (non-hydrogen) atoms. The molecular weight excluding hydrogens is 332 g/mol. The van der Waals surface area contributed by atoms with Crippen LogP contribution in [0.5, 0.6) is 5.75 Å². The van der Waals surface area contributed by atoms with E-state index in [0.29, 0.717) is 24.4 Å². The Balaban J connectivity index is 1.90. The Morgan fingerprint density at radius 2 is 1.85 bits per heavy atom. The molecule has 0 saturated carbocycles. The van der Waals surface area contributed by atoms with Gasteiger partial charge in [-0.25, -0.2) is 0 Å². The molecule has 1 N–H and O–H groups in total. The molecule has 142 valence electrons. The molecule has 0 atom stereocenters. The maximum atomic E-state index is 12.7. The fraction of sp³-hybridized carbons (Fsp3) is 0.550. The molecule has 0 aromatic heterocycles. The van der Waals surface area contributed by atoms with Crippen LogP contribution in [0.3, 0.4) is 0 Å². The lowest BCUT2D eigenvalue weighted by Gasteiger charge is -2.33. The summed E-state index contributed by atoms with van der Waals surface area (Å²) in [5.74, 6) is 0.0654. The number of benzene rings is 1. The fourth-order valence-electron chi connectivity index (χ4n) is 3.25. The Morgan fingerprint density at radius 3 is 2.42 bits per heavy atom. The highest BCUT2D eigenvalue weighted by Gasteiger charge is 2.26. The van der Waals surface area contributed by atoms with E-state index in [9.17, 15) is 14.4 Å². The van der Waals surface area contributed by atoms with Gasteiger partial charge in [0, 0.05) is 37.5 Å². The number of rotatable bonds is 6. The number of nitrogens with one attached hydrogen (secondary N) is 1. The molecule has 1 fully saturated rings. The zero-order valence-corrected chi connectivity index (χ0v) is 15.8. The highest BCUT2D eigenvalue weighted by atomic mass is 16.5. The molecule has 6 nitrogen and oxygen atoms in total. The number of amides is 2. The van der Waals surface area contributed by atoms with Crippen molar-refractivity contribution >= 4 is 17.8 Å². The van der Waals surface area contributed by atoms with Crippen molar-refractivity contribution in [3.8, 4) is 5.75 Å². The van der Waals surface area contributed by atoms with Crippen LogP contribution in [0.2, 0.25) is 0 Å². The van der Waals surface area contributed by atoms with Crippen LogP contribution in [0.1, 0.15) is 56.8 Å². The van der Waals surface area contributed by atoms with Crippen molar-refractivity contribution in [1.29, 1.82) is 0 Å². The normalized spacial score (nSPS) is 15.0. The smallest absolute Gasteiger partial charge is 0.308 e. The lowest BCUT2D eigenvalue weighted by atomic mass is 9.99. The second-order valence-electron chi connectivity index (χ2n) is 6.71. The summed E-state index contributed by atoms with van der Waals surface area (Å²) < 4.78 is 5.04. The first-order chi connectivity index (χ1) is 12.4. The second-order valence-corrected chi connectivity index (χ2v) is 6.71. The Labute approximate surface area is 154 Å². The molecule has 1 saturated heterocycles. The largest absolute Gasteiger partial charge is 0.427 e. The van der Waals surface area contributed by atoms with Crippen molar-refractivity contribution < 1.29 is 19.1 Å². The highest BCUT2D eigenvalue weighted by molar-refractivity contribution is 5.94. The SMILES string of the molecule is CCC(CC)C(=O)NC1CCN(C(=O)c2cccc(OC(C)=O)c2)CC1. The zero-order chi connectivity index (χ0) is 19.1. The molecule has 0 spiro atoms. The molecule has 2 rings (SSSR count). The van der Waals surface area contributed by atoms with Gasteiger partial charge in [0.25, 0.3) is 5.91 Å². The summed E-state index contributed by atoms with van der Waals surface area (Å²) in [4.78, 5) is 37.7. The van der Waals surface area contributed by atoms with E-state index in [4.69, 9.17) is 4.74 Å². The molecule has 1 aromatic rings. The van der Waals surface area contributed by atoms with Gasteiger partial charge in [0.1, 0.15) is 5.75 Å². The Bertz CT molecular complexity index is 647. The average molecular weight is 360 g/mol. The number of likely N-dealkylation sites (tertiary alicyclic amines) is 1. The number of esters is 1. The van der Waals surface area contributed by atoms with Crippen molar-refractivity contribution in [2.24, 2.45) is 5.92 Å². The summed E-state index contributed by atoms with van der Waals surface area (Å²) in [6, 6.07) is 6.78. The standard InChI is InChI=1S/C20H28N2O4/c1-4-15(5-2)19(24)21-17-9-11-22(12-10-17)20(25)16-7-6-8-18(13-16)26-14(3)23/h6-8,13,15,17H,4-5,9-12H2,1-3H3,(H,21,24). The summed E-state index contributed by atoms with van der Waals surface area (Å²) in [6.45, 7) is 6.59. The first-order valence-corrected chi connectivity index (χ1v) is 9.32. The molecule has 6 heteroatoms. The van der Waals surface area contributed by atoms with Crippen LogP contribution in [0.25, 0.3) is 0 Å². The van der Waals surface area contributed by atoms with Crippen molar-refractivity contribution in [2.75, 3.05) is 13.1 Å². The van der Waals surface area contributed by atoms with E-state index >= 15 is 0 Å². The molecule has 2 amide bonds. The van der Waals surface area contributed by atoms with Crippen LogP contribution in [0.15, 0.2) is 24.3 Å². The number of ether oxygens (including phenoxy) is 1. The number of nitrogens with zero attached hydrogens (tertiary/aromatic N) is 1. The van der Waals surface area contributed by atoms with Gasteiger partial charge >= 0.3 is 5.97 Å². The monoisotopic (exact) mass is 360 g/mol. The van der Waals surface area contributed by atoms with E-state index in [0.717, 1.165) is 25.7 Å². The molecule has 0 bridgehead atoms. The van der Waals surface area contributed by atoms with Crippen LogP contribution in [0, 0.1) is 5.92 Å². The van der Waals surface area contributed by atoms with Crippen molar-refractivity contribution in [1.82, 2.24) is 10.2 Å². The molecule has 1 aliphatic heterocycles. The maximum absolute atomic E-state index is 12.7. The molecule has 1 aromatic carbocycles. The van der Waals surface area contributed by atoms with Gasteiger partial charge in [-0.2, -0.15) is 0 Å². The van der Waals surface area contributed by atoms with E-state index in [1.807, 2.05) is 13.8 Å². The molecule has 1 aliphatic rings. The van der Waals surface area contributed by atoms with E-state index in [2.05, 4.69) is 5.32 Å². The van der Waals surface area contributed by atoms with E-state index < -0.39 is 5.97 Å². The Hall–Kier alpha value is -2.37. The molecule has 0 unspecified atom stereocenters. The number of carbonyl (C=O) groups excluding carboxylic acids is 3. The topological polar surface area (TPSA) is 75.7 Å².